The number of aromatic nitrogens is 4. The van der Waals surface area contributed by atoms with Crippen molar-refractivity contribution in [2.24, 2.45) is 5.92 Å². The van der Waals surface area contributed by atoms with Crippen molar-refractivity contribution in [3.63, 3.8) is 0 Å². The van der Waals surface area contributed by atoms with E-state index in [1.165, 1.54) is 11.3 Å². The molecule has 1 aromatic heterocycles. The van der Waals surface area contributed by atoms with Crippen LogP contribution >= 0.6 is 11.6 Å². The molecule has 148 valence electrons. The number of rotatable bonds is 7. The summed E-state index contributed by atoms with van der Waals surface area (Å²) in [6.07, 6.45) is 0. The van der Waals surface area contributed by atoms with Gasteiger partial charge in [0.2, 0.25) is 0 Å². The molecular weight excluding hydrogens is 364 g/mol. The zero-order valence-electron chi connectivity index (χ0n) is 16.6. The summed E-state index contributed by atoms with van der Waals surface area (Å²) >= 11 is 6.21. The van der Waals surface area contributed by atoms with Crippen molar-refractivity contribution in [3.05, 3.63) is 34.6 Å². The summed E-state index contributed by atoms with van der Waals surface area (Å²) in [7, 11) is 1.70. The molecule has 27 heavy (non-hydrogen) atoms. The van der Waals surface area contributed by atoms with Gasteiger partial charge in [-0.05, 0) is 41.0 Å². The summed E-state index contributed by atoms with van der Waals surface area (Å²) in [5.74, 6) is 1.34. The Morgan fingerprint density at radius 1 is 1.19 bits per heavy atom. The van der Waals surface area contributed by atoms with Gasteiger partial charge in [-0.3, -0.25) is 4.90 Å². The fourth-order valence-corrected chi connectivity index (χ4v) is 3.97. The number of halogens is 1. The average molecular weight is 393 g/mol. The van der Waals surface area contributed by atoms with Crippen LogP contribution in [0.25, 0.3) is 0 Å². The lowest BCUT2D eigenvalue weighted by Gasteiger charge is -2.41. The van der Waals surface area contributed by atoms with Gasteiger partial charge < -0.3 is 9.64 Å². The largest absolute Gasteiger partial charge is 0.383 e. The molecule has 1 aliphatic rings. The lowest BCUT2D eigenvalue weighted by atomic mass is 10.0. The van der Waals surface area contributed by atoms with Crippen LogP contribution in [-0.2, 0) is 11.3 Å². The van der Waals surface area contributed by atoms with Gasteiger partial charge in [0.1, 0.15) is 0 Å². The van der Waals surface area contributed by atoms with Crippen LogP contribution in [0.1, 0.15) is 31.3 Å². The second-order valence-corrected chi connectivity index (χ2v) is 7.83. The van der Waals surface area contributed by atoms with E-state index in [0.717, 1.165) is 37.0 Å². The normalized spacial score (nSPS) is 16.9. The molecule has 8 heteroatoms. The number of piperazine rings is 1. The molecule has 2 aromatic rings. The maximum absolute atomic E-state index is 6.21. The summed E-state index contributed by atoms with van der Waals surface area (Å²) < 4.78 is 7.07. The molecule has 1 atom stereocenters. The van der Waals surface area contributed by atoms with Gasteiger partial charge in [0, 0.05) is 44.0 Å². The number of ether oxygens (including phenoxy) is 1. The van der Waals surface area contributed by atoms with Crippen LogP contribution in [-0.4, -0.2) is 65.0 Å². The first-order valence-corrected chi connectivity index (χ1v) is 9.89. The quantitative estimate of drug-likeness (QED) is 0.722. The maximum Gasteiger partial charge on any atom is 0.168 e. The van der Waals surface area contributed by atoms with Crippen LogP contribution in [0.15, 0.2) is 18.2 Å². The lowest BCUT2D eigenvalue weighted by molar-refractivity contribution is 0.129. The summed E-state index contributed by atoms with van der Waals surface area (Å²) in [4.78, 5) is 4.92. The predicted octanol–water partition coefficient (Wildman–Crippen LogP) is 2.80. The van der Waals surface area contributed by atoms with Gasteiger partial charge >= 0.3 is 0 Å². The van der Waals surface area contributed by atoms with E-state index in [9.17, 15) is 0 Å². The van der Waals surface area contributed by atoms with Crippen LogP contribution in [0.5, 0.6) is 0 Å². The van der Waals surface area contributed by atoms with Crippen molar-refractivity contribution in [1.82, 2.24) is 25.1 Å². The Morgan fingerprint density at radius 2 is 1.93 bits per heavy atom. The molecule has 1 fully saturated rings. The van der Waals surface area contributed by atoms with Crippen LogP contribution in [0, 0.1) is 12.8 Å². The number of hydrogen-bond acceptors (Lipinski definition) is 6. The minimum Gasteiger partial charge on any atom is -0.383 e. The third-order valence-corrected chi connectivity index (χ3v) is 5.42. The highest BCUT2D eigenvalue weighted by Crippen LogP contribution is 2.30. The Hall–Kier alpha value is -1.70. The Balaban J connectivity index is 1.73. The minimum atomic E-state index is 0.194. The first-order chi connectivity index (χ1) is 13.0. The van der Waals surface area contributed by atoms with E-state index < -0.39 is 0 Å². The number of anilines is 1. The van der Waals surface area contributed by atoms with Gasteiger partial charge in [-0.25, -0.2) is 4.68 Å². The monoisotopic (exact) mass is 392 g/mol. The Labute approximate surface area is 166 Å². The maximum atomic E-state index is 6.21. The number of aryl methyl sites for hydroxylation is 1. The molecule has 2 heterocycles. The number of nitrogens with zero attached hydrogens (tertiary/aromatic N) is 6. The van der Waals surface area contributed by atoms with Crippen molar-refractivity contribution in [2.45, 2.75) is 33.4 Å². The molecule has 0 amide bonds. The standard InChI is InChI=1S/C19H29ClN6O/c1-14(2)18(19-21-22-23-26(19)11-12-27-4)25-9-7-24(8-10-25)17-13-16(20)6-5-15(17)3/h5-6,13-14,18H,7-12H2,1-4H3. The molecule has 0 bridgehead atoms. The van der Waals surface area contributed by atoms with E-state index in [0.29, 0.717) is 19.1 Å². The van der Waals surface area contributed by atoms with E-state index in [1.54, 1.807) is 7.11 Å². The SMILES string of the molecule is COCCn1nnnc1C(C(C)C)N1CCN(c2cc(Cl)ccc2C)CC1. The van der Waals surface area contributed by atoms with Gasteiger partial charge in [-0.15, -0.1) is 5.10 Å². The second kappa shape index (κ2) is 8.99. The number of tetrazole rings is 1. The van der Waals surface area contributed by atoms with Crippen molar-refractivity contribution < 1.29 is 4.74 Å². The molecule has 7 nitrogen and oxygen atoms in total. The minimum absolute atomic E-state index is 0.194. The van der Waals surface area contributed by atoms with Gasteiger partial charge in [-0.2, -0.15) is 0 Å². The van der Waals surface area contributed by atoms with Crippen molar-refractivity contribution in [2.75, 3.05) is 44.8 Å². The number of benzene rings is 1. The third-order valence-electron chi connectivity index (χ3n) is 5.18. The molecule has 0 saturated carbocycles. The van der Waals surface area contributed by atoms with Gasteiger partial charge in [0.05, 0.1) is 19.2 Å². The zero-order valence-corrected chi connectivity index (χ0v) is 17.4. The summed E-state index contributed by atoms with van der Waals surface area (Å²) in [5, 5.41) is 13.2. The molecule has 0 radical (unpaired) electrons. The molecule has 0 aliphatic carbocycles. The molecule has 1 aromatic carbocycles. The highest BCUT2D eigenvalue weighted by atomic mass is 35.5. The van der Waals surface area contributed by atoms with Crippen molar-refractivity contribution in [1.29, 1.82) is 0 Å². The van der Waals surface area contributed by atoms with Gasteiger partial charge in [-0.1, -0.05) is 31.5 Å². The molecule has 1 aliphatic heterocycles. The van der Waals surface area contributed by atoms with E-state index >= 15 is 0 Å². The smallest absolute Gasteiger partial charge is 0.168 e. The highest BCUT2D eigenvalue weighted by molar-refractivity contribution is 6.30. The van der Waals surface area contributed by atoms with Crippen molar-refractivity contribution in [3.8, 4) is 0 Å². The first-order valence-electron chi connectivity index (χ1n) is 9.51. The average Bonchev–Trinajstić information content (AvgIpc) is 3.10. The van der Waals surface area contributed by atoms with Crippen LogP contribution < -0.4 is 4.90 Å². The predicted molar refractivity (Wildman–Crippen MR) is 107 cm³/mol. The fraction of sp³-hybridized carbons (Fsp3) is 0.632. The Morgan fingerprint density at radius 3 is 2.59 bits per heavy atom. The van der Waals surface area contributed by atoms with E-state index in [1.807, 2.05) is 10.7 Å². The molecule has 1 saturated heterocycles. The topological polar surface area (TPSA) is 59.3 Å². The zero-order chi connectivity index (χ0) is 19.4. The van der Waals surface area contributed by atoms with Crippen LogP contribution in [0.3, 0.4) is 0 Å². The van der Waals surface area contributed by atoms with Crippen LogP contribution in [0.2, 0.25) is 5.02 Å². The number of methoxy groups -OCH3 is 1. The van der Waals surface area contributed by atoms with Gasteiger partial charge in [0.25, 0.3) is 0 Å². The van der Waals surface area contributed by atoms with Gasteiger partial charge in [0.15, 0.2) is 5.82 Å². The molecule has 0 spiro atoms. The van der Waals surface area contributed by atoms with Crippen LogP contribution in [0.4, 0.5) is 5.69 Å². The summed E-state index contributed by atoms with van der Waals surface area (Å²) in [6.45, 7) is 11.7. The van der Waals surface area contributed by atoms with Crippen molar-refractivity contribution >= 4 is 17.3 Å². The molecular formula is C19H29ClN6O. The Bertz CT molecular complexity index is 742. The molecule has 1 unspecified atom stereocenters. The molecule has 3 rings (SSSR count). The van der Waals surface area contributed by atoms with E-state index in [4.69, 9.17) is 16.3 Å². The highest BCUT2D eigenvalue weighted by Gasteiger charge is 2.31. The summed E-state index contributed by atoms with van der Waals surface area (Å²) in [5.41, 5.74) is 2.49. The fourth-order valence-electron chi connectivity index (χ4n) is 3.81. The summed E-state index contributed by atoms with van der Waals surface area (Å²) in [6, 6.07) is 6.30. The third kappa shape index (κ3) is 4.59. The van der Waals surface area contributed by atoms with E-state index in [2.05, 4.69) is 58.2 Å². The Kier molecular flexibility index (Phi) is 6.68. The first kappa shape index (κ1) is 20.0. The number of hydrogen-bond donors (Lipinski definition) is 0. The molecule has 0 N–H and O–H groups in total. The second-order valence-electron chi connectivity index (χ2n) is 7.40. The lowest BCUT2D eigenvalue weighted by Crippen LogP contribution is -2.49. The van der Waals surface area contributed by atoms with E-state index in [-0.39, 0.29) is 6.04 Å².